The van der Waals surface area contributed by atoms with Crippen LogP contribution >= 0.6 is 15.9 Å². The Morgan fingerprint density at radius 2 is 2.22 bits per heavy atom. The van der Waals surface area contributed by atoms with E-state index in [0.29, 0.717) is 0 Å². The molecule has 0 atom stereocenters. The summed E-state index contributed by atoms with van der Waals surface area (Å²) in [5.74, 6) is -1.30. The average molecular weight is 313 g/mol. The van der Waals surface area contributed by atoms with Crippen molar-refractivity contribution in [3.63, 3.8) is 0 Å². The van der Waals surface area contributed by atoms with Gasteiger partial charge in [-0.2, -0.15) is 0 Å². The van der Waals surface area contributed by atoms with Gasteiger partial charge in [0.2, 0.25) is 5.91 Å². The van der Waals surface area contributed by atoms with Crippen molar-refractivity contribution in [3.05, 3.63) is 28.2 Å². The Hall–Kier alpha value is -1.56. The zero-order valence-electron chi connectivity index (χ0n) is 9.65. The normalized spacial score (nSPS) is 13.3. The monoisotopic (exact) mass is 312 g/mol. The SMILES string of the molecule is O=C(O)CNC(=O)CN1CCc2cc(Br)ccc21. The Bertz CT molecular complexity index is 490. The molecular weight excluding hydrogens is 300 g/mol. The summed E-state index contributed by atoms with van der Waals surface area (Å²) in [6.45, 7) is 0.647. The Morgan fingerprint density at radius 1 is 1.44 bits per heavy atom. The smallest absolute Gasteiger partial charge is 0.322 e. The van der Waals surface area contributed by atoms with E-state index < -0.39 is 5.97 Å². The maximum atomic E-state index is 11.6. The molecule has 1 aliphatic heterocycles. The summed E-state index contributed by atoms with van der Waals surface area (Å²) < 4.78 is 1.03. The number of amides is 1. The van der Waals surface area contributed by atoms with E-state index in [1.165, 1.54) is 5.56 Å². The fourth-order valence-electron chi connectivity index (χ4n) is 2.01. The largest absolute Gasteiger partial charge is 0.480 e. The van der Waals surface area contributed by atoms with Crippen LogP contribution in [0.5, 0.6) is 0 Å². The number of carbonyl (C=O) groups excluding carboxylic acids is 1. The van der Waals surface area contributed by atoms with Gasteiger partial charge in [-0.3, -0.25) is 9.59 Å². The van der Waals surface area contributed by atoms with Gasteiger partial charge in [-0.25, -0.2) is 0 Å². The molecule has 1 aromatic carbocycles. The molecule has 0 fully saturated rings. The first-order chi connectivity index (χ1) is 8.56. The average Bonchev–Trinajstić information content (AvgIpc) is 2.69. The van der Waals surface area contributed by atoms with Crippen LogP contribution in [0.2, 0.25) is 0 Å². The van der Waals surface area contributed by atoms with Crippen molar-refractivity contribution in [3.8, 4) is 0 Å². The number of nitrogens with zero attached hydrogens (tertiary/aromatic N) is 1. The molecule has 0 radical (unpaired) electrons. The number of halogens is 1. The first-order valence-corrected chi connectivity index (χ1v) is 6.37. The van der Waals surface area contributed by atoms with Gasteiger partial charge in [0.25, 0.3) is 0 Å². The van der Waals surface area contributed by atoms with E-state index in [1.54, 1.807) is 0 Å². The third-order valence-corrected chi connectivity index (χ3v) is 3.30. The summed E-state index contributed by atoms with van der Waals surface area (Å²) in [5, 5.41) is 10.8. The fourth-order valence-corrected chi connectivity index (χ4v) is 2.41. The maximum Gasteiger partial charge on any atom is 0.322 e. The van der Waals surface area contributed by atoms with Gasteiger partial charge in [-0.1, -0.05) is 15.9 Å². The number of hydrogen-bond acceptors (Lipinski definition) is 3. The topological polar surface area (TPSA) is 69.6 Å². The predicted octanol–water partition coefficient (Wildman–Crippen LogP) is 1.01. The Labute approximate surface area is 113 Å². The van der Waals surface area contributed by atoms with Gasteiger partial charge < -0.3 is 15.3 Å². The second-order valence-electron chi connectivity index (χ2n) is 4.12. The number of carboxylic acids is 1. The molecule has 0 unspecified atom stereocenters. The number of nitrogens with one attached hydrogen (secondary N) is 1. The van der Waals surface area contributed by atoms with Crippen LogP contribution in [0.25, 0.3) is 0 Å². The number of carbonyl (C=O) groups is 2. The molecule has 1 aliphatic rings. The van der Waals surface area contributed by atoms with Crippen molar-refractivity contribution in [1.82, 2.24) is 5.32 Å². The minimum Gasteiger partial charge on any atom is -0.480 e. The third kappa shape index (κ3) is 3.01. The van der Waals surface area contributed by atoms with E-state index in [9.17, 15) is 9.59 Å². The lowest BCUT2D eigenvalue weighted by atomic mass is 10.2. The van der Waals surface area contributed by atoms with E-state index in [1.807, 2.05) is 23.1 Å². The lowest BCUT2D eigenvalue weighted by Crippen LogP contribution is -2.38. The number of hydrogen-bond donors (Lipinski definition) is 2. The lowest BCUT2D eigenvalue weighted by molar-refractivity contribution is -0.137. The first-order valence-electron chi connectivity index (χ1n) is 5.58. The van der Waals surface area contributed by atoms with Gasteiger partial charge in [-0.15, -0.1) is 0 Å². The zero-order valence-corrected chi connectivity index (χ0v) is 11.2. The summed E-state index contributed by atoms with van der Waals surface area (Å²) in [6, 6.07) is 5.95. The highest BCUT2D eigenvalue weighted by Gasteiger charge is 2.21. The van der Waals surface area contributed by atoms with Gasteiger partial charge in [0.05, 0.1) is 6.54 Å². The van der Waals surface area contributed by atoms with Crippen molar-refractivity contribution >= 4 is 33.5 Å². The summed E-state index contributed by atoms with van der Waals surface area (Å²) in [7, 11) is 0. The van der Waals surface area contributed by atoms with Gasteiger partial charge in [0.15, 0.2) is 0 Å². The predicted molar refractivity (Wildman–Crippen MR) is 70.7 cm³/mol. The molecule has 18 heavy (non-hydrogen) atoms. The molecular formula is C12H13BrN2O3. The molecule has 0 bridgehead atoms. The lowest BCUT2D eigenvalue weighted by Gasteiger charge is -2.18. The number of aliphatic carboxylic acids is 1. The first kappa shape index (κ1) is 12.9. The van der Waals surface area contributed by atoms with Crippen LogP contribution in [0, 0.1) is 0 Å². The highest BCUT2D eigenvalue weighted by Crippen LogP contribution is 2.29. The molecule has 0 saturated carbocycles. The Morgan fingerprint density at radius 3 is 2.94 bits per heavy atom. The van der Waals surface area contributed by atoms with Crippen LogP contribution < -0.4 is 10.2 Å². The zero-order chi connectivity index (χ0) is 13.1. The van der Waals surface area contributed by atoms with Gasteiger partial charge in [0, 0.05) is 16.7 Å². The van der Waals surface area contributed by atoms with Crippen molar-refractivity contribution in [2.45, 2.75) is 6.42 Å². The molecule has 0 spiro atoms. The van der Waals surface area contributed by atoms with E-state index in [0.717, 1.165) is 23.1 Å². The molecule has 2 N–H and O–H groups in total. The van der Waals surface area contributed by atoms with Gasteiger partial charge in [0.1, 0.15) is 6.54 Å². The van der Waals surface area contributed by atoms with E-state index in [2.05, 4.69) is 21.2 Å². The molecule has 1 heterocycles. The highest BCUT2D eigenvalue weighted by molar-refractivity contribution is 9.10. The minimum atomic E-state index is -1.03. The molecule has 0 saturated heterocycles. The summed E-state index contributed by atoms with van der Waals surface area (Å²) in [5.41, 5.74) is 2.25. The fraction of sp³-hybridized carbons (Fsp3) is 0.333. The number of carboxylic acid groups (broad SMARTS) is 1. The van der Waals surface area contributed by atoms with E-state index >= 15 is 0 Å². The van der Waals surface area contributed by atoms with Crippen molar-refractivity contribution in [2.75, 3.05) is 24.5 Å². The van der Waals surface area contributed by atoms with Crippen LogP contribution in [-0.4, -0.2) is 36.6 Å². The second-order valence-corrected chi connectivity index (χ2v) is 5.03. The van der Waals surface area contributed by atoms with Crippen LogP contribution in [0.3, 0.4) is 0 Å². The van der Waals surface area contributed by atoms with E-state index in [4.69, 9.17) is 5.11 Å². The molecule has 96 valence electrons. The highest BCUT2D eigenvalue weighted by atomic mass is 79.9. The summed E-state index contributed by atoms with van der Waals surface area (Å²) in [4.78, 5) is 23.9. The molecule has 5 nitrogen and oxygen atoms in total. The maximum absolute atomic E-state index is 11.6. The number of fused-ring (bicyclic) bond motifs is 1. The van der Waals surface area contributed by atoms with Crippen molar-refractivity contribution < 1.29 is 14.7 Å². The molecule has 1 aromatic rings. The van der Waals surface area contributed by atoms with Crippen LogP contribution in [0.15, 0.2) is 22.7 Å². The van der Waals surface area contributed by atoms with Crippen molar-refractivity contribution in [1.29, 1.82) is 0 Å². The van der Waals surface area contributed by atoms with Gasteiger partial charge >= 0.3 is 5.97 Å². The third-order valence-electron chi connectivity index (χ3n) is 2.80. The number of benzene rings is 1. The quantitative estimate of drug-likeness (QED) is 0.870. The Kier molecular flexibility index (Phi) is 3.86. The van der Waals surface area contributed by atoms with Crippen LogP contribution in [0.1, 0.15) is 5.56 Å². The number of anilines is 1. The molecule has 6 heteroatoms. The van der Waals surface area contributed by atoms with Crippen LogP contribution in [-0.2, 0) is 16.0 Å². The Balaban J connectivity index is 1.97. The second kappa shape index (κ2) is 5.39. The minimum absolute atomic E-state index is 0.196. The van der Waals surface area contributed by atoms with Crippen molar-refractivity contribution in [2.24, 2.45) is 0 Å². The van der Waals surface area contributed by atoms with Crippen LogP contribution in [0.4, 0.5) is 5.69 Å². The summed E-state index contributed by atoms with van der Waals surface area (Å²) in [6.07, 6.45) is 0.904. The standard InChI is InChI=1S/C12H13BrN2O3/c13-9-1-2-10-8(5-9)3-4-15(10)7-11(16)14-6-12(17)18/h1-2,5H,3-4,6-7H2,(H,14,16)(H,17,18). The molecule has 0 aromatic heterocycles. The molecule has 0 aliphatic carbocycles. The van der Waals surface area contributed by atoms with Gasteiger partial charge in [-0.05, 0) is 30.2 Å². The van der Waals surface area contributed by atoms with E-state index in [-0.39, 0.29) is 19.0 Å². The molecule has 1 amide bonds. The number of rotatable bonds is 4. The molecule has 2 rings (SSSR count). The summed E-state index contributed by atoms with van der Waals surface area (Å²) >= 11 is 3.41.